The zero-order chi connectivity index (χ0) is 20.2. The fourth-order valence-electron chi connectivity index (χ4n) is 3.40. The number of anilines is 2. The van der Waals surface area contributed by atoms with Crippen LogP contribution in [0.1, 0.15) is 23.2 Å². The second kappa shape index (κ2) is 8.14. The molecule has 0 aromatic heterocycles. The van der Waals surface area contributed by atoms with Gasteiger partial charge in [0.1, 0.15) is 0 Å². The van der Waals surface area contributed by atoms with Crippen molar-refractivity contribution in [2.75, 3.05) is 23.4 Å². The van der Waals surface area contributed by atoms with Crippen molar-refractivity contribution in [1.29, 1.82) is 0 Å². The molecule has 146 valence electrons. The van der Waals surface area contributed by atoms with E-state index in [1.165, 1.54) is 0 Å². The van der Waals surface area contributed by atoms with Crippen molar-refractivity contribution < 1.29 is 19.1 Å². The molecule has 0 atom stereocenters. The third-order valence-electron chi connectivity index (χ3n) is 4.83. The number of hydrogen-bond acceptors (Lipinski definition) is 4. The Bertz CT molecular complexity index is 1090. The maximum atomic E-state index is 12.3. The molecule has 29 heavy (non-hydrogen) atoms. The maximum absolute atomic E-state index is 12.3. The molecule has 0 radical (unpaired) electrons. The first kappa shape index (κ1) is 18.7. The molecule has 6 nitrogen and oxygen atoms in total. The van der Waals surface area contributed by atoms with Crippen LogP contribution < -0.4 is 10.2 Å². The molecule has 4 rings (SSSR count). The minimum absolute atomic E-state index is 0.0466. The third kappa shape index (κ3) is 4.27. The molecule has 1 N–H and O–H groups in total. The van der Waals surface area contributed by atoms with Crippen LogP contribution in [-0.4, -0.2) is 30.9 Å². The molecule has 0 spiro atoms. The lowest BCUT2D eigenvalue weighted by atomic mass is 10.1. The standard InChI is InChI=1S/C23H20N2O4/c26-21(24-19-11-10-16-5-1-2-6-17(16)13-19)15-29-23(28)18-7-3-8-20(14-18)25-12-4-9-22(25)27/h1-3,5-8,10-11,13-14H,4,9,12,15H2,(H,24,26). The molecule has 0 saturated carbocycles. The van der Waals surface area contributed by atoms with E-state index in [1.807, 2.05) is 36.4 Å². The molecular weight excluding hydrogens is 368 g/mol. The predicted molar refractivity (Wildman–Crippen MR) is 111 cm³/mol. The van der Waals surface area contributed by atoms with Crippen LogP contribution in [0.3, 0.4) is 0 Å². The van der Waals surface area contributed by atoms with Gasteiger partial charge in [-0.3, -0.25) is 9.59 Å². The van der Waals surface area contributed by atoms with Crippen LogP contribution in [-0.2, 0) is 14.3 Å². The van der Waals surface area contributed by atoms with E-state index in [0.717, 1.165) is 17.2 Å². The number of rotatable bonds is 5. The van der Waals surface area contributed by atoms with Crippen molar-refractivity contribution in [3.63, 3.8) is 0 Å². The monoisotopic (exact) mass is 388 g/mol. The van der Waals surface area contributed by atoms with E-state index < -0.39 is 18.5 Å². The minimum atomic E-state index is -0.604. The Balaban J connectivity index is 1.36. The summed E-state index contributed by atoms with van der Waals surface area (Å²) in [5.74, 6) is -0.975. The second-order valence-corrected chi connectivity index (χ2v) is 6.89. The molecule has 1 heterocycles. The van der Waals surface area contributed by atoms with Gasteiger partial charge in [-0.05, 0) is 47.5 Å². The predicted octanol–water partition coefficient (Wildman–Crippen LogP) is 3.76. The molecule has 6 heteroatoms. The van der Waals surface area contributed by atoms with Crippen molar-refractivity contribution >= 4 is 39.9 Å². The van der Waals surface area contributed by atoms with E-state index in [2.05, 4.69) is 5.32 Å². The number of hydrogen-bond donors (Lipinski definition) is 1. The van der Waals surface area contributed by atoms with Crippen LogP contribution in [0, 0.1) is 0 Å². The van der Waals surface area contributed by atoms with E-state index in [0.29, 0.717) is 29.9 Å². The van der Waals surface area contributed by atoms with Gasteiger partial charge in [0.2, 0.25) is 5.91 Å². The highest BCUT2D eigenvalue weighted by atomic mass is 16.5. The number of nitrogens with one attached hydrogen (secondary N) is 1. The first-order valence-corrected chi connectivity index (χ1v) is 9.46. The molecule has 1 aliphatic heterocycles. The largest absolute Gasteiger partial charge is 0.452 e. The van der Waals surface area contributed by atoms with E-state index in [9.17, 15) is 14.4 Å². The zero-order valence-corrected chi connectivity index (χ0v) is 15.8. The summed E-state index contributed by atoms with van der Waals surface area (Å²) in [6, 6.07) is 20.1. The molecule has 1 fully saturated rings. The topological polar surface area (TPSA) is 75.7 Å². The lowest BCUT2D eigenvalue weighted by Crippen LogP contribution is -2.24. The van der Waals surface area contributed by atoms with E-state index >= 15 is 0 Å². The highest BCUT2D eigenvalue weighted by Crippen LogP contribution is 2.23. The van der Waals surface area contributed by atoms with Crippen LogP contribution in [0.4, 0.5) is 11.4 Å². The fraction of sp³-hybridized carbons (Fsp3) is 0.174. The molecule has 3 aromatic rings. The van der Waals surface area contributed by atoms with Gasteiger partial charge < -0.3 is 15.0 Å². The Morgan fingerprint density at radius 3 is 2.59 bits per heavy atom. The van der Waals surface area contributed by atoms with Crippen LogP contribution in [0.15, 0.2) is 66.7 Å². The van der Waals surface area contributed by atoms with E-state index in [4.69, 9.17) is 4.74 Å². The Labute approximate surface area is 168 Å². The molecule has 2 amide bonds. The number of carbonyl (C=O) groups excluding carboxylic acids is 3. The molecule has 0 bridgehead atoms. The number of carbonyl (C=O) groups is 3. The molecule has 1 saturated heterocycles. The fourth-order valence-corrected chi connectivity index (χ4v) is 3.40. The number of ether oxygens (including phenoxy) is 1. The Morgan fingerprint density at radius 2 is 1.79 bits per heavy atom. The first-order chi connectivity index (χ1) is 14.1. The van der Waals surface area contributed by atoms with Crippen molar-refractivity contribution in [2.45, 2.75) is 12.8 Å². The normalized spacial score (nSPS) is 13.5. The summed E-state index contributed by atoms with van der Waals surface area (Å²) < 4.78 is 5.14. The van der Waals surface area contributed by atoms with Crippen LogP contribution in [0.25, 0.3) is 10.8 Å². The third-order valence-corrected chi connectivity index (χ3v) is 4.83. The first-order valence-electron chi connectivity index (χ1n) is 9.46. The van der Waals surface area contributed by atoms with Gasteiger partial charge in [0, 0.05) is 24.3 Å². The van der Waals surface area contributed by atoms with E-state index in [1.54, 1.807) is 35.2 Å². The summed E-state index contributed by atoms with van der Waals surface area (Å²) >= 11 is 0. The van der Waals surface area contributed by atoms with Crippen LogP contribution in [0.2, 0.25) is 0 Å². The number of nitrogens with zero attached hydrogens (tertiary/aromatic N) is 1. The molecule has 0 unspecified atom stereocenters. The maximum Gasteiger partial charge on any atom is 0.338 e. The molecular formula is C23H20N2O4. The van der Waals surface area contributed by atoms with Gasteiger partial charge in [-0.15, -0.1) is 0 Å². The molecule has 1 aliphatic rings. The number of amides is 2. The summed E-state index contributed by atoms with van der Waals surface area (Å²) in [5, 5.41) is 4.82. The smallest absolute Gasteiger partial charge is 0.338 e. The summed E-state index contributed by atoms with van der Waals surface area (Å²) in [4.78, 5) is 38.0. The SMILES string of the molecule is O=C(COC(=O)c1cccc(N2CCCC2=O)c1)Nc1ccc2ccccc2c1. The summed E-state index contributed by atoms with van der Waals surface area (Å²) in [6.45, 7) is 0.254. The minimum Gasteiger partial charge on any atom is -0.452 e. The van der Waals surface area contributed by atoms with Gasteiger partial charge in [0.25, 0.3) is 5.91 Å². The Kier molecular flexibility index (Phi) is 5.24. The summed E-state index contributed by atoms with van der Waals surface area (Å²) in [6.07, 6.45) is 1.33. The van der Waals surface area contributed by atoms with Gasteiger partial charge in [0.15, 0.2) is 6.61 Å². The van der Waals surface area contributed by atoms with Gasteiger partial charge in [-0.1, -0.05) is 36.4 Å². The average molecular weight is 388 g/mol. The van der Waals surface area contributed by atoms with Crippen molar-refractivity contribution in [2.24, 2.45) is 0 Å². The highest BCUT2D eigenvalue weighted by molar-refractivity contribution is 5.99. The quantitative estimate of drug-likeness (QED) is 0.675. The van der Waals surface area contributed by atoms with Crippen molar-refractivity contribution in [1.82, 2.24) is 0 Å². The van der Waals surface area contributed by atoms with Crippen LogP contribution in [0.5, 0.6) is 0 Å². The number of fused-ring (bicyclic) bond motifs is 1. The van der Waals surface area contributed by atoms with Gasteiger partial charge >= 0.3 is 5.97 Å². The lowest BCUT2D eigenvalue weighted by Gasteiger charge is -2.16. The number of esters is 1. The number of benzene rings is 3. The van der Waals surface area contributed by atoms with Gasteiger partial charge in [-0.2, -0.15) is 0 Å². The Hall–Kier alpha value is -3.67. The van der Waals surface area contributed by atoms with Gasteiger partial charge in [-0.25, -0.2) is 4.79 Å². The zero-order valence-electron chi connectivity index (χ0n) is 15.8. The van der Waals surface area contributed by atoms with Crippen molar-refractivity contribution in [3.05, 3.63) is 72.3 Å². The molecule has 0 aliphatic carbocycles. The lowest BCUT2D eigenvalue weighted by molar-refractivity contribution is -0.119. The van der Waals surface area contributed by atoms with Crippen LogP contribution >= 0.6 is 0 Å². The highest BCUT2D eigenvalue weighted by Gasteiger charge is 2.22. The van der Waals surface area contributed by atoms with Crippen molar-refractivity contribution in [3.8, 4) is 0 Å². The summed E-state index contributed by atoms with van der Waals surface area (Å²) in [7, 11) is 0. The molecule has 3 aromatic carbocycles. The second-order valence-electron chi connectivity index (χ2n) is 6.89. The average Bonchev–Trinajstić information content (AvgIpc) is 3.18. The van der Waals surface area contributed by atoms with Gasteiger partial charge in [0.05, 0.1) is 5.56 Å². The van der Waals surface area contributed by atoms with E-state index in [-0.39, 0.29) is 5.91 Å². The summed E-state index contributed by atoms with van der Waals surface area (Å²) in [5.41, 5.74) is 1.61. The Morgan fingerprint density at radius 1 is 0.966 bits per heavy atom.